The highest BCUT2D eigenvalue weighted by Gasteiger charge is 2.21. The maximum absolute atomic E-state index is 12.8. The maximum atomic E-state index is 12.8. The predicted octanol–water partition coefficient (Wildman–Crippen LogP) is 6.49. The molecule has 2 aromatic carbocycles. The first-order chi connectivity index (χ1) is 16.8. The molecule has 6 nitrogen and oxygen atoms in total. The lowest BCUT2D eigenvalue weighted by Crippen LogP contribution is -2.24. The van der Waals surface area contributed by atoms with E-state index in [1.807, 2.05) is 64.2 Å². The first-order valence-electron chi connectivity index (χ1n) is 12.2. The van der Waals surface area contributed by atoms with Crippen LogP contribution >= 0.6 is 0 Å². The van der Waals surface area contributed by atoms with E-state index >= 15 is 0 Å². The van der Waals surface area contributed by atoms with Crippen LogP contribution < -0.4 is 5.32 Å². The molecule has 0 bridgehead atoms. The van der Waals surface area contributed by atoms with E-state index in [1.54, 1.807) is 0 Å². The Morgan fingerprint density at radius 1 is 1.00 bits per heavy atom. The summed E-state index contributed by atoms with van der Waals surface area (Å²) in [6, 6.07) is 19.9. The Bertz CT molecular complexity index is 1320. The molecule has 0 amide bonds. The van der Waals surface area contributed by atoms with Crippen molar-refractivity contribution in [3.05, 3.63) is 77.6 Å². The fraction of sp³-hybridized carbons (Fsp3) is 0.345. The summed E-state index contributed by atoms with van der Waals surface area (Å²) in [6.07, 6.45) is 3.12. The second kappa shape index (κ2) is 10.3. The number of aryl methyl sites for hydroxylation is 1. The number of hydrogen-bond acceptors (Lipinski definition) is 5. The van der Waals surface area contributed by atoms with Gasteiger partial charge < -0.3 is 14.6 Å². The Morgan fingerprint density at radius 3 is 2.43 bits per heavy atom. The van der Waals surface area contributed by atoms with Gasteiger partial charge in [-0.2, -0.15) is 0 Å². The summed E-state index contributed by atoms with van der Waals surface area (Å²) in [5.74, 6) is 1.57. The molecule has 35 heavy (non-hydrogen) atoms. The molecule has 0 radical (unpaired) electrons. The number of aromatic nitrogens is 3. The van der Waals surface area contributed by atoms with E-state index in [0.29, 0.717) is 12.1 Å². The standard InChI is InChI=1S/C29H34N4O2/c1-6-7-12-26-31-24-17-18-25(30-5)32-27(24)33(26)19-20-13-15-21(16-14-20)22-10-8-9-11-23(22)28(34)35-29(2,3)4/h8-11,13-18H,6-7,12,19H2,1-5H3,(H,30,32). The van der Waals surface area contributed by atoms with Crippen molar-refractivity contribution in [2.75, 3.05) is 12.4 Å². The van der Waals surface area contributed by atoms with Crippen LogP contribution in [0.5, 0.6) is 0 Å². The molecule has 0 aliphatic carbocycles. The first-order valence-corrected chi connectivity index (χ1v) is 12.2. The van der Waals surface area contributed by atoms with Gasteiger partial charge in [-0.05, 0) is 62.1 Å². The smallest absolute Gasteiger partial charge is 0.339 e. The van der Waals surface area contributed by atoms with Gasteiger partial charge in [-0.1, -0.05) is 55.8 Å². The van der Waals surface area contributed by atoms with Crippen molar-refractivity contribution < 1.29 is 9.53 Å². The summed E-state index contributed by atoms with van der Waals surface area (Å²) in [6.45, 7) is 8.52. The number of ether oxygens (including phenoxy) is 1. The van der Waals surface area contributed by atoms with Crippen LogP contribution in [-0.4, -0.2) is 33.2 Å². The largest absolute Gasteiger partial charge is 0.456 e. The van der Waals surface area contributed by atoms with Crippen LogP contribution in [0.25, 0.3) is 22.3 Å². The van der Waals surface area contributed by atoms with E-state index < -0.39 is 5.60 Å². The van der Waals surface area contributed by atoms with Gasteiger partial charge in [0.25, 0.3) is 0 Å². The topological polar surface area (TPSA) is 69.0 Å². The molecule has 2 aromatic heterocycles. The highest BCUT2D eigenvalue weighted by atomic mass is 16.6. The van der Waals surface area contributed by atoms with Crippen LogP contribution in [0.2, 0.25) is 0 Å². The Hall–Kier alpha value is -3.67. The Morgan fingerprint density at radius 2 is 1.74 bits per heavy atom. The van der Waals surface area contributed by atoms with E-state index in [9.17, 15) is 4.79 Å². The van der Waals surface area contributed by atoms with Gasteiger partial charge in [-0.3, -0.25) is 0 Å². The van der Waals surface area contributed by atoms with Gasteiger partial charge in [0.2, 0.25) is 0 Å². The molecule has 0 atom stereocenters. The summed E-state index contributed by atoms with van der Waals surface area (Å²) in [7, 11) is 1.88. The van der Waals surface area contributed by atoms with Crippen LogP contribution in [-0.2, 0) is 17.7 Å². The van der Waals surface area contributed by atoms with Crippen LogP contribution in [0, 0.1) is 0 Å². The highest BCUT2D eigenvalue weighted by molar-refractivity contribution is 5.97. The van der Waals surface area contributed by atoms with E-state index in [0.717, 1.165) is 58.8 Å². The Kier molecular flexibility index (Phi) is 7.20. The lowest BCUT2D eigenvalue weighted by Gasteiger charge is -2.20. The summed E-state index contributed by atoms with van der Waals surface area (Å²) in [5.41, 5.74) is 4.83. The number of nitrogens with one attached hydrogen (secondary N) is 1. The number of anilines is 1. The molecular weight excluding hydrogens is 436 g/mol. The third-order valence-corrected chi connectivity index (χ3v) is 5.83. The number of benzene rings is 2. The number of hydrogen-bond donors (Lipinski definition) is 1. The maximum Gasteiger partial charge on any atom is 0.339 e. The minimum absolute atomic E-state index is 0.311. The van der Waals surface area contributed by atoms with Crippen molar-refractivity contribution in [1.82, 2.24) is 14.5 Å². The number of imidazole rings is 1. The average molecular weight is 471 g/mol. The van der Waals surface area contributed by atoms with Gasteiger partial charge in [0.05, 0.1) is 12.1 Å². The van der Waals surface area contributed by atoms with Crippen LogP contribution in [0.3, 0.4) is 0 Å². The molecule has 0 saturated heterocycles. The molecule has 182 valence electrons. The molecule has 0 spiro atoms. The second-order valence-electron chi connectivity index (χ2n) is 9.75. The summed E-state index contributed by atoms with van der Waals surface area (Å²) in [4.78, 5) is 22.4. The van der Waals surface area contributed by atoms with Gasteiger partial charge in [0, 0.05) is 13.5 Å². The van der Waals surface area contributed by atoms with Crippen molar-refractivity contribution in [3.63, 3.8) is 0 Å². The number of rotatable bonds is 8. The van der Waals surface area contributed by atoms with E-state index in [1.165, 1.54) is 0 Å². The van der Waals surface area contributed by atoms with Crippen LogP contribution in [0.1, 0.15) is 62.3 Å². The first kappa shape index (κ1) is 24.5. The van der Waals surface area contributed by atoms with Crippen LogP contribution in [0.4, 0.5) is 5.82 Å². The number of fused-ring (bicyclic) bond motifs is 1. The van der Waals surface area contributed by atoms with Crippen molar-refractivity contribution in [1.29, 1.82) is 0 Å². The molecule has 6 heteroatoms. The number of nitrogens with zero attached hydrogens (tertiary/aromatic N) is 3. The average Bonchev–Trinajstić information content (AvgIpc) is 3.18. The molecular formula is C29H34N4O2. The summed E-state index contributed by atoms with van der Waals surface area (Å²) >= 11 is 0. The molecule has 0 unspecified atom stereocenters. The molecule has 0 aliphatic heterocycles. The number of carbonyl (C=O) groups is 1. The SMILES string of the molecule is CCCCc1nc2ccc(NC)nc2n1Cc1ccc(-c2ccccc2C(=O)OC(C)(C)C)cc1. The highest BCUT2D eigenvalue weighted by Crippen LogP contribution is 2.27. The van der Waals surface area contributed by atoms with Crippen molar-refractivity contribution in [2.45, 2.75) is 59.1 Å². The number of carbonyl (C=O) groups excluding carboxylic acids is 1. The molecule has 1 N–H and O–H groups in total. The van der Waals surface area contributed by atoms with E-state index in [4.69, 9.17) is 14.7 Å². The summed E-state index contributed by atoms with van der Waals surface area (Å²) in [5, 5.41) is 3.13. The predicted molar refractivity (Wildman–Crippen MR) is 142 cm³/mol. The third-order valence-electron chi connectivity index (χ3n) is 5.83. The van der Waals surface area contributed by atoms with Gasteiger partial charge in [0.15, 0.2) is 5.65 Å². The molecule has 0 fully saturated rings. The minimum Gasteiger partial charge on any atom is -0.456 e. The van der Waals surface area contributed by atoms with Gasteiger partial charge >= 0.3 is 5.97 Å². The van der Waals surface area contributed by atoms with Crippen LogP contribution in [0.15, 0.2) is 60.7 Å². The third kappa shape index (κ3) is 5.70. The van der Waals surface area contributed by atoms with E-state index in [2.05, 4.69) is 41.1 Å². The fourth-order valence-corrected chi connectivity index (χ4v) is 4.10. The molecule has 4 aromatic rings. The molecule has 0 aliphatic rings. The zero-order chi connectivity index (χ0) is 25.0. The van der Waals surface area contributed by atoms with Crippen molar-refractivity contribution in [2.24, 2.45) is 0 Å². The van der Waals surface area contributed by atoms with Crippen molar-refractivity contribution in [3.8, 4) is 11.1 Å². The van der Waals surface area contributed by atoms with Gasteiger partial charge in [0.1, 0.15) is 22.8 Å². The Balaban J connectivity index is 1.64. The molecule has 0 saturated carbocycles. The van der Waals surface area contributed by atoms with Gasteiger partial charge in [-0.15, -0.1) is 0 Å². The zero-order valence-electron chi connectivity index (χ0n) is 21.3. The zero-order valence-corrected chi connectivity index (χ0v) is 21.3. The Labute approximate surface area is 207 Å². The van der Waals surface area contributed by atoms with Crippen molar-refractivity contribution >= 4 is 23.0 Å². The number of esters is 1. The molecule has 4 rings (SSSR count). The quantitative estimate of drug-likeness (QED) is 0.298. The fourth-order valence-electron chi connectivity index (χ4n) is 4.10. The number of unbranched alkanes of at least 4 members (excludes halogenated alkanes) is 1. The molecule has 2 heterocycles. The monoisotopic (exact) mass is 470 g/mol. The van der Waals surface area contributed by atoms with Gasteiger partial charge in [-0.25, -0.2) is 14.8 Å². The number of pyridine rings is 1. The second-order valence-corrected chi connectivity index (χ2v) is 9.75. The lowest BCUT2D eigenvalue weighted by atomic mass is 9.98. The minimum atomic E-state index is -0.543. The van der Waals surface area contributed by atoms with E-state index in [-0.39, 0.29) is 5.97 Å². The normalized spacial score (nSPS) is 11.6. The summed E-state index contributed by atoms with van der Waals surface area (Å²) < 4.78 is 7.84. The lowest BCUT2D eigenvalue weighted by molar-refractivity contribution is 0.00704.